The Morgan fingerprint density at radius 1 is 1.35 bits per heavy atom. The van der Waals surface area contributed by atoms with E-state index in [-0.39, 0.29) is 17.9 Å². The third-order valence-electron chi connectivity index (χ3n) is 3.30. The zero-order valence-corrected chi connectivity index (χ0v) is 12.6. The highest BCUT2D eigenvalue weighted by molar-refractivity contribution is 5.94. The summed E-state index contributed by atoms with van der Waals surface area (Å²) in [6.07, 6.45) is -1.93. The molecule has 0 N–H and O–H groups in total. The molecule has 1 aromatic carbocycles. The van der Waals surface area contributed by atoms with Crippen molar-refractivity contribution in [2.45, 2.75) is 26.2 Å². The zero-order chi connectivity index (χ0) is 17.2. The second-order valence-corrected chi connectivity index (χ2v) is 5.21. The Balaban J connectivity index is 2.13. The van der Waals surface area contributed by atoms with Crippen molar-refractivity contribution in [2.24, 2.45) is 0 Å². The van der Waals surface area contributed by atoms with E-state index in [4.69, 9.17) is 0 Å². The fraction of sp³-hybridized carbons (Fsp3) is 0.333. The molecule has 0 aliphatic carbocycles. The Kier molecular flexibility index (Phi) is 4.72. The van der Waals surface area contributed by atoms with E-state index >= 15 is 0 Å². The first-order valence-electron chi connectivity index (χ1n) is 6.76. The molecule has 0 fully saturated rings. The number of carbonyl (C=O) groups excluding carboxylic acids is 1. The summed E-state index contributed by atoms with van der Waals surface area (Å²) in [5, 5.41) is 0. The van der Waals surface area contributed by atoms with Gasteiger partial charge in [-0.3, -0.25) is 4.79 Å². The van der Waals surface area contributed by atoms with E-state index in [1.54, 1.807) is 6.92 Å². The number of carbonyl (C=O) groups is 1. The predicted molar refractivity (Wildman–Crippen MR) is 75.2 cm³/mol. The number of aromatic nitrogens is 2. The first-order chi connectivity index (χ1) is 10.7. The average molecular weight is 329 g/mol. The summed E-state index contributed by atoms with van der Waals surface area (Å²) in [6.45, 7) is 0.280. The molecule has 0 unspecified atom stereocenters. The molecule has 0 atom stereocenters. The van der Waals surface area contributed by atoms with Gasteiger partial charge < -0.3 is 9.47 Å². The molecule has 0 spiro atoms. The minimum Gasteiger partial charge on any atom is -0.334 e. The molecular weight excluding hydrogens is 314 g/mol. The maximum Gasteiger partial charge on any atom is 0.406 e. The number of benzene rings is 1. The Bertz CT molecular complexity index is 709. The third kappa shape index (κ3) is 4.30. The number of imidazole rings is 1. The van der Waals surface area contributed by atoms with Crippen LogP contribution in [0.25, 0.3) is 0 Å². The van der Waals surface area contributed by atoms with Crippen LogP contribution < -0.4 is 0 Å². The van der Waals surface area contributed by atoms with E-state index < -0.39 is 24.4 Å². The van der Waals surface area contributed by atoms with Crippen molar-refractivity contribution < 1.29 is 22.4 Å². The van der Waals surface area contributed by atoms with Gasteiger partial charge in [0.1, 0.15) is 18.2 Å². The van der Waals surface area contributed by atoms with Crippen molar-refractivity contribution in [3.8, 4) is 0 Å². The van der Waals surface area contributed by atoms with Gasteiger partial charge in [-0.05, 0) is 24.6 Å². The lowest BCUT2D eigenvalue weighted by molar-refractivity contribution is -0.141. The highest BCUT2D eigenvalue weighted by Crippen LogP contribution is 2.19. The highest BCUT2D eigenvalue weighted by Gasteiger charge is 2.29. The van der Waals surface area contributed by atoms with Crippen molar-refractivity contribution in [3.05, 3.63) is 53.4 Å². The molecule has 0 saturated heterocycles. The molecule has 23 heavy (non-hydrogen) atoms. The van der Waals surface area contributed by atoms with E-state index in [0.717, 1.165) is 10.6 Å². The minimum atomic E-state index is -4.38. The zero-order valence-electron chi connectivity index (χ0n) is 12.6. The second-order valence-electron chi connectivity index (χ2n) is 5.21. The first kappa shape index (κ1) is 17.0. The van der Waals surface area contributed by atoms with Crippen molar-refractivity contribution in [2.75, 3.05) is 7.05 Å². The van der Waals surface area contributed by atoms with Gasteiger partial charge >= 0.3 is 6.18 Å². The Labute approximate surface area is 130 Å². The van der Waals surface area contributed by atoms with Crippen molar-refractivity contribution in [1.82, 2.24) is 14.5 Å². The highest BCUT2D eigenvalue weighted by atomic mass is 19.4. The summed E-state index contributed by atoms with van der Waals surface area (Å²) in [5.41, 5.74) is 0.537. The van der Waals surface area contributed by atoms with Crippen molar-refractivity contribution >= 4 is 5.91 Å². The monoisotopic (exact) mass is 329 g/mol. The van der Waals surface area contributed by atoms with Crippen LogP contribution in [0.1, 0.15) is 21.7 Å². The lowest BCUT2D eigenvalue weighted by Gasteiger charge is -2.18. The summed E-state index contributed by atoms with van der Waals surface area (Å²) >= 11 is 0. The van der Waals surface area contributed by atoms with Crippen LogP contribution in [-0.2, 0) is 13.1 Å². The SMILES string of the molecule is Cc1ccc(C(=O)N(C)Cc2nccn2CC(F)(F)F)cc1F. The van der Waals surface area contributed by atoms with E-state index in [1.807, 2.05) is 0 Å². The summed E-state index contributed by atoms with van der Waals surface area (Å²) in [4.78, 5) is 17.3. The number of rotatable bonds is 4. The number of hydrogen-bond donors (Lipinski definition) is 0. The largest absolute Gasteiger partial charge is 0.406 e. The van der Waals surface area contributed by atoms with Gasteiger partial charge in [0.25, 0.3) is 5.91 Å². The van der Waals surface area contributed by atoms with Gasteiger partial charge in [-0.2, -0.15) is 13.2 Å². The van der Waals surface area contributed by atoms with E-state index in [9.17, 15) is 22.4 Å². The predicted octanol–water partition coefficient (Wildman–Crippen LogP) is 3.17. The molecule has 1 aromatic heterocycles. The smallest absolute Gasteiger partial charge is 0.334 e. The second kappa shape index (κ2) is 6.39. The van der Waals surface area contributed by atoms with Gasteiger partial charge in [0.2, 0.25) is 0 Å². The number of hydrogen-bond acceptors (Lipinski definition) is 2. The molecule has 0 aliphatic rings. The Morgan fingerprint density at radius 2 is 2.04 bits per heavy atom. The molecule has 0 radical (unpaired) electrons. The topological polar surface area (TPSA) is 38.1 Å². The number of halogens is 4. The molecule has 0 saturated carbocycles. The quantitative estimate of drug-likeness (QED) is 0.808. The number of amides is 1. The summed E-state index contributed by atoms with van der Waals surface area (Å²) < 4.78 is 51.9. The molecule has 1 heterocycles. The van der Waals surface area contributed by atoms with Gasteiger partial charge in [-0.1, -0.05) is 6.07 Å². The number of aryl methyl sites for hydroxylation is 1. The lowest BCUT2D eigenvalue weighted by Crippen LogP contribution is -2.29. The van der Waals surface area contributed by atoms with Crippen LogP contribution in [0, 0.1) is 12.7 Å². The fourth-order valence-corrected chi connectivity index (χ4v) is 2.06. The van der Waals surface area contributed by atoms with Crippen LogP contribution in [0.3, 0.4) is 0 Å². The summed E-state index contributed by atoms with van der Waals surface area (Å²) in [6, 6.07) is 4.05. The molecule has 8 heteroatoms. The van der Waals surface area contributed by atoms with Gasteiger partial charge in [-0.25, -0.2) is 9.37 Å². The molecular formula is C15H15F4N3O. The van der Waals surface area contributed by atoms with Gasteiger partial charge in [0.15, 0.2) is 0 Å². The maximum absolute atomic E-state index is 13.5. The van der Waals surface area contributed by atoms with E-state index in [2.05, 4.69) is 4.98 Å². The van der Waals surface area contributed by atoms with Crippen LogP contribution in [0.15, 0.2) is 30.6 Å². The minimum absolute atomic E-state index is 0.103. The molecule has 1 amide bonds. The van der Waals surface area contributed by atoms with Gasteiger partial charge in [0, 0.05) is 25.0 Å². The maximum atomic E-state index is 13.5. The van der Waals surface area contributed by atoms with Crippen LogP contribution in [0.2, 0.25) is 0 Å². The van der Waals surface area contributed by atoms with Crippen LogP contribution in [0.5, 0.6) is 0 Å². The van der Waals surface area contributed by atoms with Gasteiger partial charge in [0.05, 0.1) is 6.54 Å². The first-order valence-corrected chi connectivity index (χ1v) is 6.76. The van der Waals surface area contributed by atoms with E-state index in [0.29, 0.717) is 5.56 Å². The number of nitrogens with zero attached hydrogens (tertiary/aromatic N) is 3. The van der Waals surface area contributed by atoms with Crippen molar-refractivity contribution in [3.63, 3.8) is 0 Å². The van der Waals surface area contributed by atoms with Crippen LogP contribution in [-0.4, -0.2) is 33.6 Å². The lowest BCUT2D eigenvalue weighted by atomic mass is 10.1. The summed E-state index contributed by atoms with van der Waals surface area (Å²) in [5.74, 6) is -0.904. The number of alkyl halides is 3. The third-order valence-corrected chi connectivity index (χ3v) is 3.30. The molecule has 2 aromatic rings. The van der Waals surface area contributed by atoms with Crippen molar-refractivity contribution in [1.29, 1.82) is 0 Å². The molecule has 0 bridgehead atoms. The normalized spacial score (nSPS) is 11.6. The van der Waals surface area contributed by atoms with E-state index in [1.165, 1.54) is 36.5 Å². The standard InChI is InChI=1S/C15H15F4N3O/c1-10-3-4-11(7-12(10)16)14(23)21(2)8-13-20-5-6-22(13)9-15(17,18)19/h3-7H,8-9H2,1-2H3. The van der Waals surface area contributed by atoms with Crippen LogP contribution in [0.4, 0.5) is 17.6 Å². The van der Waals surface area contributed by atoms with Crippen LogP contribution >= 0.6 is 0 Å². The fourth-order valence-electron chi connectivity index (χ4n) is 2.06. The Morgan fingerprint density at radius 3 is 2.65 bits per heavy atom. The molecule has 0 aliphatic heterocycles. The molecule has 4 nitrogen and oxygen atoms in total. The average Bonchev–Trinajstić information content (AvgIpc) is 2.86. The summed E-state index contributed by atoms with van der Waals surface area (Å²) in [7, 11) is 1.42. The molecule has 124 valence electrons. The molecule has 2 rings (SSSR count). The van der Waals surface area contributed by atoms with Gasteiger partial charge in [-0.15, -0.1) is 0 Å². The Hall–Kier alpha value is -2.38.